The van der Waals surface area contributed by atoms with Crippen molar-refractivity contribution in [3.05, 3.63) is 24.2 Å². The summed E-state index contributed by atoms with van der Waals surface area (Å²) in [7, 11) is 0. The standard InChI is InChI=1S/C13H18N2OS/c1-2-7-13(6-1)10-17-12(15-13)14-8-5-11-4-3-9-16-11/h3-4,9H,1-2,5-8,10H2,(H,14,15). The molecule has 3 nitrogen and oxygen atoms in total. The van der Waals surface area contributed by atoms with Crippen molar-refractivity contribution in [3.63, 3.8) is 0 Å². The van der Waals surface area contributed by atoms with E-state index in [0.29, 0.717) is 5.54 Å². The van der Waals surface area contributed by atoms with Gasteiger partial charge in [-0.15, -0.1) is 0 Å². The van der Waals surface area contributed by atoms with Gasteiger partial charge in [-0.3, -0.25) is 4.99 Å². The number of aliphatic imine (C=N–C) groups is 1. The van der Waals surface area contributed by atoms with E-state index in [4.69, 9.17) is 4.42 Å². The summed E-state index contributed by atoms with van der Waals surface area (Å²) in [4.78, 5) is 4.63. The lowest BCUT2D eigenvalue weighted by Gasteiger charge is -2.21. The summed E-state index contributed by atoms with van der Waals surface area (Å²) >= 11 is 1.88. The van der Waals surface area contributed by atoms with Crippen molar-refractivity contribution in [3.8, 4) is 0 Å². The van der Waals surface area contributed by atoms with Gasteiger partial charge in [-0.25, -0.2) is 0 Å². The van der Waals surface area contributed by atoms with Gasteiger partial charge in [0.2, 0.25) is 0 Å². The molecule has 0 atom stereocenters. The molecular weight excluding hydrogens is 232 g/mol. The first-order valence-corrected chi connectivity index (χ1v) is 7.33. The highest BCUT2D eigenvalue weighted by molar-refractivity contribution is 8.14. The average Bonchev–Trinajstić information content (AvgIpc) is 3.04. The first-order valence-electron chi connectivity index (χ1n) is 6.34. The van der Waals surface area contributed by atoms with Crippen LogP contribution in [0, 0.1) is 0 Å². The van der Waals surface area contributed by atoms with Crippen LogP contribution in [-0.4, -0.2) is 23.0 Å². The monoisotopic (exact) mass is 250 g/mol. The Labute approximate surface area is 106 Å². The van der Waals surface area contributed by atoms with Gasteiger partial charge in [0.1, 0.15) is 5.76 Å². The lowest BCUT2D eigenvalue weighted by Crippen LogP contribution is -2.40. The van der Waals surface area contributed by atoms with Gasteiger partial charge >= 0.3 is 0 Å². The zero-order valence-corrected chi connectivity index (χ0v) is 10.8. The fourth-order valence-corrected chi connectivity index (χ4v) is 3.88. The zero-order chi connectivity index (χ0) is 11.6. The van der Waals surface area contributed by atoms with E-state index >= 15 is 0 Å². The smallest absolute Gasteiger partial charge is 0.157 e. The predicted octanol–water partition coefficient (Wildman–Crippen LogP) is 2.83. The van der Waals surface area contributed by atoms with Gasteiger partial charge < -0.3 is 9.73 Å². The van der Waals surface area contributed by atoms with Gasteiger partial charge in [0.05, 0.1) is 6.26 Å². The summed E-state index contributed by atoms with van der Waals surface area (Å²) in [5.41, 5.74) is 0.383. The van der Waals surface area contributed by atoms with Crippen LogP contribution in [0.25, 0.3) is 0 Å². The second-order valence-electron chi connectivity index (χ2n) is 4.92. The highest BCUT2D eigenvalue weighted by Crippen LogP contribution is 2.37. The zero-order valence-electron chi connectivity index (χ0n) is 9.95. The quantitative estimate of drug-likeness (QED) is 0.896. The molecule has 0 radical (unpaired) electrons. The molecule has 1 spiro atoms. The summed E-state index contributed by atoms with van der Waals surface area (Å²) in [5.74, 6) is 2.22. The summed E-state index contributed by atoms with van der Waals surface area (Å²) in [6.07, 6.45) is 7.99. The number of hydrogen-bond donors (Lipinski definition) is 1. The third-order valence-corrected chi connectivity index (χ3v) is 4.81. The Balaban J connectivity index is 1.52. The first-order chi connectivity index (χ1) is 8.36. The molecule has 0 unspecified atom stereocenters. The lowest BCUT2D eigenvalue weighted by atomic mass is 10.0. The first kappa shape index (κ1) is 11.2. The van der Waals surface area contributed by atoms with E-state index in [1.807, 2.05) is 23.9 Å². The maximum atomic E-state index is 5.30. The summed E-state index contributed by atoms with van der Waals surface area (Å²) in [6.45, 7) is 0.818. The number of furan rings is 1. The molecule has 1 aromatic rings. The van der Waals surface area contributed by atoms with Crippen LogP contribution in [0.1, 0.15) is 31.4 Å². The largest absolute Gasteiger partial charge is 0.469 e. The Kier molecular flexibility index (Phi) is 3.14. The summed E-state index contributed by atoms with van der Waals surface area (Å²) in [6, 6.07) is 3.94. The molecule has 2 heterocycles. The van der Waals surface area contributed by atoms with Crippen LogP contribution < -0.4 is 5.32 Å². The predicted molar refractivity (Wildman–Crippen MR) is 71.5 cm³/mol. The molecule has 92 valence electrons. The Morgan fingerprint density at radius 2 is 2.29 bits per heavy atom. The van der Waals surface area contributed by atoms with E-state index in [1.54, 1.807) is 6.26 Å². The van der Waals surface area contributed by atoms with Crippen LogP contribution in [0.15, 0.2) is 27.8 Å². The van der Waals surface area contributed by atoms with Gasteiger partial charge in [-0.05, 0) is 25.0 Å². The molecule has 1 saturated heterocycles. The Hall–Kier alpha value is -0.900. The van der Waals surface area contributed by atoms with Crippen LogP contribution >= 0.6 is 11.8 Å². The molecule has 4 heteroatoms. The average molecular weight is 250 g/mol. The van der Waals surface area contributed by atoms with Gasteiger partial charge in [-0.1, -0.05) is 24.6 Å². The summed E-state index contributed by atoms with van der Waals surface area (Å²) < 4.78 is 5.30. The highest BCUT2D eigenvalue weighted by atomic mass is 32.2. The topological polar surface area (TPSA) is 37.5 Å². The third kappa shape index (κ3) is 2.51. The molecule has 0 aromatic carbocycles. The maximum Gasteiger partial charge on any atom is 0.157 e. The van der Waals surface area contributed by atoms with Crippen molar-refractivity contribution >= 4 is 16.9 Å². The van der Waals surface area contributed by atoms with Gasteiger partial charge in [0.15, 0.2) is 5.17 Å². The van der Waals surface area contributed by atoms with Crippen molar-refractivity contribution < 1.29 is 4.42 Å². The molecule has 1 N–H and O–H groups in total. The normalized spacial score (nSPS) is 24.6. The number of nitrogens with one attached hydrogen (secondary N) is 1. The lowest BCUT2D eigenvalue weighted by molar-refractivity contribution is 0.452. The van der Waals surface area contributed by atoms with E-state index in [-0.39, 0.29) is 0 Å². The molecular formula is C13H18N2OS. The maximum absolute atomic E-state index is 5.30. The minimum absolute atomic E-state index is 0.383. The van der Waals surface area contributed by atoms with Gasteiger partial charge in [-0.2, -0.15) is 0 Å². The van der Waals surface area contributed by atoms with Crippen molar-refractivity contribution in [2.75, 3.05) is 12.3 Å². The van der Waals surface area contributed by atoms with Crippen LogP contribution in [0.2, 0.25) is 0 Å². The SMILES string of the molecule is c1coc(CCN=C2NC3(CCCC3)CS2)c1. The second kappa shape index (κ2) is 4.77. The molecule has 0 bridgehead atoms. The van der Waals surface area contributed by atoms with Crippen LogP contribution in [0.5, 0.6) is 0 Å². The number of hydrogen-bond acceptors (Lipinski definition) is 3. The molecule has 1 aliphatic heterocycles. The van der Waals surface area contributed by atoms with Gasteiger partial charge in [0, 0.05) is 24.3 Å². The number of amidine groups is 1. The highest BCUT2D eigenvalue weighted by Gasteiger charge is 2.39. The summed E-state index contributed by atoms with van der Waals surface area (Å²) in [5, 5.41) is 4.77. The molecule has 3 rings (SSSR count). The fourth-order valence-electron chi connectivity index (χ4n) is 2.63. The van der Waals surface area contributed by atoms with E-state index < -0.39 is 0 Å². The van der Waals surface area contributed by atoms with E-state index in [1.165, 1.54) is 31.4 Å². The molecule has 0 amide bonds. The van der Waals surface area contributed by atoms with E-state index in [9.17, 15) is 0 Å². The number of rotatable bonds is 3. The Morgan fingerprint density at radius 1 is 1.41 bits per heavy atom. The molecule has 1 aliphatic carbocycles. The van der Waals surface area contributed by atoms with Gasteiger partial charge in [0.25, 0.3) is 0 Å². The second-order valence-corrected chi connectivity index (χ2v) is 5.88. The van der Waals surface area contributed by atoms with Crippen molar-refractivity contribution in [1.82, 2.24) is 5.32 Å². The Bertz CT molecular complexity index is 394. The van der Waals surface area contributed by atoms with E-state index in [0.717, 1.165) is 23.9 Å². The molecule has 17 heavy (non-hydrogen) atoms. The minimum atomic E-state index is 0.383. The van der Waals surface area contributed by atoms with Crippen molar-refractivity contribution in [1.29, 1.82) is 0 Å². The van der Waals surface area contributed by atoms with E-state index in [2.05, 4.69) is 10.3 Å². The third-order valence-electron chi connectivity index (χ3n) is 3.61. The molecule has 1 aromatic heterocycles. The number of thioether (sulfide) groups is 1. The fraction of sp³-hybridized carbons (Fsp3) is 0.615. The van der Waals surface area contributed by atoms with Crippen molar-refractivity contribution in [2.45, 2.75) is 37.6 Å². The van der Waals surface area contributed by atoms with Crippen LogP contribution in [-0.2, 0) is 6.42 Å². The Morgan fingerprint density at radius 3 is 3.06 bits per heavy atom. The van der Waals surface area contributed by atoms with Crippen LogP contribution in [0.4, 0.5) is 0 Å². The minimum Gasteiger partial charge on any atom is -0.469 e. The number of nitrogens with zero attached hydrogens (tertiary/aromatic N) is 1. The molecule has 1 saturated carbocycles. The van der Waals surface area contributed by atoms with Crippen molar-refractivity contribution in [2.24, 2.45) is 4.99 Å². The molecule has 2 aliphatic rings. The molecule has 2 fully saturated rings. The van der Waals surface area contributed by atoms with Crippen LogP contribution in [0.3, 0.4) is 0 Å².